The Kier molecular flexibility index (Phi) is 4.11. The lowest BCUT2D eigenvalue weighted by Crippen LogP contribution is -2.55. The van der Waals surface area contributed by atoms with Crippen molar-refractivity contribution in [3.8, 4) is 0 Å². The third-order valence-electron chi connectivity index (χ3n) is 5.24. The summed E-state index contributed by atoms with van der Waals surface area (Å²) in [5.41, 5.74) is 6.44. The van der Waals surface area contributed by atoms with E-state index in [1.807, 2.05) is 0 Å². The van der Waals surface area contributed by atoms with Crippen molar-refractivity contribution in [3.63, 3.8) is 0 Å². The molecule has 0 aromatic heterocycles. The lowest BCUT2D eigenvalue weighted by molar-refractivity contribution is 0.0388. The van der Waals surface area contributed by atoms with E-state index in [0.29, 0.717) is 17.5 Å². The summed E-state index contributed by atoms with van der Waals surface area (Å²) in [6.07, 6.45) is 5.43. The van der Waals surface area contributed by atoms with Crippen LogP contribution >= 0.6 is 0 Å². The Morgan fingerprint density at radius 2 is 1.76 bits per heavy atom. The summed E-state index contributed by atoms with van der Waals surface area (Å²) in [4.78, 5) is 5.14. The Balaban J connectivity index is 1.79. The molecule has 17 heavy (non-hydrogen) atoms. The maximum Gasteiger partial charge on any atom is 0.0195 e. The summed E-state index contributed by atoms with van der Waals surface area (Å²) < 4.78 is 0. The average molecular weight is 239 g/mol. The van der Waals surface area contributed by atoms with Gasteiger partial charge in [-0.1, -0.05) is 6.42 Å². The van der Waals surface area contributed by atoms with Crippen LogP contribution in [0.4, 0.5) is 0 Å². The first-order valence-corrected chi connectivity index (χ1v) is 7.21. The van der Waals surface area contributed by atoms with Crippen LogP contribution in [0.3, 0.4) is 0 Å². The van der Waals surface area contributed by atoms with Gasteiger partial charge in [0, 0.05) is 25.2 Å². The van der Waals surface area contributed by atoms with E-state index in [0.717, 1.165) is 6.54 Å². The zero-order valence-electron chi connectivity index (χ0n) is 11.8. The van der Waals surface area contributed by atoms with Gasteiger partial charge in [0.25, 0.3) is 0 Å². The number of likely N-dealkylation sites (N-methyl/N-ethyl adjacent to an activating group) is 1. The van der Waals surface area contributed by atoms with Crippen LogP contribution in [-0.2, 0) is 0 Å². The van der Waals surface area contributed by atoms with Crippen molar-refractivity contribution < 1.29 is 0 Å². The molecule has 0 spiro atoms. The van der Waals surface area contributed by atoms with E-state index in [9.17, 15) is 0 Å². The van der Waals surface area contributed by atoms with Gasteiger partial charge in [0.15, 0.2) is 0 Å². The van der Waals surface area contributed by atoms with Gasteiger partial charge in [-0.3, -0.25) is 4.90 Å². The molecule has 2 N–H and O–H groups in total. The van der Waals surface area contributed by atoms with Gasteiger partial charge < -0.3 is 10.6 Å². The number of nitrogens with two attached hydrogens (primary N) is 1. The fourth-order valence-corrected chi connectivity index (χ4v) is 3.32. The molecule has 100 valence electrons. The fourth-order valence-electron chi connectivity index (χ4n) is 3.32. The highest BCUT2D eigenvalue weighted by atomic mass is 15.3. The Morgan fingerprint density at radius 1 is 1.18 bits per heavy atom. The monoisotopic (exact) mass is 239 g/mol. The maximum atomic E-state index is 5.93. The number of piperazine rings is 1. The van der Waals surface area contributed by atoms with Crippen LogP contribution in [0, 0.1) is 5.41 Å². The van der Waals surface area contributed by atoms with Crippen LogP contribution in [-0.4, -0.2) is 55.1 Å². The summed E-state index contributed by atoms with van der Waals surface area (Å²) in [5, 5.41) is 0. The van der Waals surface area contributed by atoms with Gasteiger partial charge in [-0.15, -0.1) is 0 Å². The van der Waals surface area contributed by atoms with E-state index >= 15 is 0 Å². The second-order valence-corrected chi connectivity index (χ2v) is 6.43. The van der Waals surface area contributed by atoms with Crippen LogP contribution in [0.2, 0.25) is 0 Å². The molecule has 2 atom stereocenters. The average Bonchev–Trinajstić information content (AvgIpc) is 2.25. The van der Waals surface area contributed by atoms with Crippen LogP contribution in [0.5, 0.6) is 0 Å². The second-order valence-electron chi connectivity index (χ2n) is 6.43. The molecule has 3 heteroatoms. The van der Waals surface area contributed by atoms with E-state index in [4.69, 9.17) is 5.73 Å². The summed E-state index contributed by atoms with van der Waals surface area (Å²) in [6, 6.07) is 1.38. The van der Waals surface area contributed by atoms with Crippen molar-refractivity contribution in [2.45, 2.75) is 51.6 Å². The van der Waals surface area contributed by atoms with Crippen molar-refractivity contribution in [1.82, 2.24) is 9.80 Å². The molecule has 0 amide bonds. The van der Waals surface area contributed by atoms with Gasteiger partial charge in [-0.05, 0) is 58.7 Å². The summed E-state index contributed by atoms with van der Waals surface area (Å²) in [6.45, 7) is 9.27. The fraction of sp³-hybridized carbons (Fsp3) is 1.00. The molecule has 2 aliphatic rings. The highest BCUT2D eigenvalue weighted by molar-refractivity contribution is 4.90. The number of hydrogen-bond donors (Lipinski definition) is 1. The Hall–Kier alpha value is -0.120. The minimum absolute atomic E-state index is 0.510. The number of rotatable bonds is 4. The minimum atomic E-state index is 0.510. The van der Waals surface area contributed by atoms with Crippen LogP contribution in [0.25, 0.3) is 0 Å². The molecule has 1 aliphatic heterocycles. The van der Waals surface area contributed by atoms with Gasteiger partial charge in [-0.25, -0.2) is 0 Å². The second kappa shape index (κ2) is 5.25. The minimum Gasteiger partial charge on any atom is -0.330 e. The van der Waals surface area contributed by atoms with Gasteiger partial charge in [-0.2, -0.15) is 0 Å². The maximum absolute atomic E-state index is 5.93. The molecule has 1 saturated heterocycles. The van der Waals surface area contributed by atoms with E-state index in [-0.39, 0.29) is 0 Å². The van der Waals surface area contributed by atoms with Crippen molar-refractivity contribution in [2.24, 2.45) is 11.1 Å². The Morgan fingerprint density at radius 3 is 2.18 bits per heavy atom. The predicted molar refractivity (Wildman–Crippen MR) is 73.1 cm³/mol. The molecule has 0 aromatic rings. The third kappa shape index (κ3) is 2.83. The van der Waals surface area contributed by atoms with Gasteiger partial charge in [0.2, 0.25) is 0 Å². The van der Waals surface area contributed by atoms with Gasteiger partial charge >= 0.3 is 0 Å². The van der Waals surface area contributed by atoms with E-state index in [1.54, 1.807) is 0 Å². The first-order chi connectivity index (χ1) is 8.06. The standard InChI is InChI=1S/C14H29N3/c1-12-9-17(10-13(2)16(12)3)8-7-14(11-15)5-4-6-14/h12-13H,4-11,15H2,1-3H3. The molecule has 2 unspecified atom stereocenters. The molecule has 0 radical (unpaired) electrons. The summed E-state index contributed by atoms with van der Waals surface area (Å²) in [5.74, 6) is 0. The van der Waals surface area contributed by atoms with E-state index in [2.05, 4.69) is 30.7 Å². The Bertz CT molecular complexity index is 232. The van der Waals surface area contributed by atoms with Crippen molar-refractivity contribution >= 4 is 0 Å². The smallest absolute Gasteiger partial charge is 0.0195 e. The lowest BCUT2D eigenvalue weighted by atomic mass is 9.66. The molecule has 1 heterocycles. The SMILES string of the molecule is CC1CN(CCC2(CN)CCC2)CC(C)N1C. The van der Waals surface area contributed by atoms with E-state index in [1.165, 1.54) is 45.3 Å². The molecule has 0 bridgehead atoms. The molecule has 3 nitrogen and oxygen atoms in total. The van der Waals surface area contributed by atoms with Crippen LogP contribution in [0.1, 0.15) is 39.5 Å². The summed E-state index contributed by atoms with van der Waals surface area (Å²) >= 11 is 0. The van der Waals surface area contributed by atoms with Crippen LogP contribution < -0.4 is 5.73 Å². The zero-order chi connectivity index (χ0) is 12.5. The molecule has 1 aliphatic carbocycles. The van der Waals surface area contributed by atoms with Gasteiger partial charge in [0.1, 0.15) is 0 Å². The third-order valence-corrected chi connectivity index (χ3v) is 5.24. The molecule has 0 aromatic carbocycles. The highest BCUT2D eigenvalue weighted by Crippen LogP contribution is 2.43. The zero-order valence-corrected chi connectivity index (χ0v) is 11.8. The van der Waals surface area contributed by atoms with E-state index < -0.39 is 0 Å². The van der Waals surface area contributed by atoms with Crippen LogP contribution in [0.15, 0.2) is 0 Å². The first-order valence-electron chi connectivity index (χ1n) is 7.21. The normalized spacial score (nSPS) is 34.6. The molecule has 1 saturated carbocycles. The topological polar surface area (TPSA) is 32.5 Å². The summed E-state index contributed by atoms with van der Waals surface area (Å²) in [7, 11) is 2.25. The Labute approximate surface area is 106 Å². The molecular weight excluding hydrogens is 210 g/mol. The quantitative estimate of drug-likeness (QED) is 0.807. The predicted octanol–water partition coefficient (Wildman–Crippen LogP) is 1.53. The molecule has 2 fully saturated rings. The molecule has 2 rings (SSSR count). The molecular formula is C14H29N3. The lowest BCUT2D eigenvalue weighted by Gasteiger charge is -2.46. The van der Waals surface area contributed by atoms with Crippen molar-refractivity contribution in [1.29, 1.82) is 0 Å². The van der Waals surface area contributed by atoms with Crippen molar-refractivity contribution in [2.75, 3.05) is 33.2 Å². The number of hydrogen-bond acceptors (Lipinski definition) is 3. The largest absolute Gasteiger partial charge is 0.330 e. The van der Waals surface area contributed by atoms with Crippen molar-refractivity contribution in [3.05, 3.63) is 0 Å². The number of nitrogens with zero attached hydrogens (tertiary/aromatic N) is 2. The van der Waals surface area contributed by atoms with Gasteiger partial charge in [0.05, 0.1) is 0 Å². The highest BCUT2D eigenvalue weighted by Gasteiger charge is 2.36. The first kappa shape index (κ1) is 13.3.